The monoisotopic (exact) mass is 230 g/mol. The molecule has 0 aliphatic carbocycles. The number of benzene rings is 1. The second-order valence-electron chi connectivity index (χ2n) is 3.95. The molecule has 1 heterocycles. The number of nitrogens with one attached hydrogen (secondary N) is 1. The van der Waals surface area contributed by atoms with Crippen LogP contribution in [0.15, 0.2) is 18.2 Å². The normalized spacial score (nSPS) is 19.4. The van der Waals surface area contributed by atoms with Crippen LogP contribution in [-0.2, 0) is 12.6 Å². The van der Waals surface area contributed by atoms with Crippen molar-refractivity contribution in [2.45, 2.75) is 25.1 Å². The van der Waals surface area contributed by atoms with Crippen molar-refractivity contribution in [3.63, 3.8) is 0 Å². The fourth-order valence-corrected chi connectivity index (χ4v) is 2.10. The largest absolute Gasteiger partial charge is 0.416 e. The highest BCUT2D eigenvalue weighted by Crippen LogP contribution is 2.38. The maximum absolute atomic E-state index is 12.7. The third kappa shape index (κ3) is 2.00. The average Bonchev–Trinajstić information content (AvgIpc) is 2.58. The maximum Gasteiger partial charge on any atom is 0.416 e. The molecule has 3 N–H and O–H groups in total. The smallest absolute Gasteiger partial charge is 0.382 e. The summed E-state index contributed by atoms with van der Waals surface area (Å²) < 4.78 is 38.1. The van der Waals surface area contributed by atoms with Gasteiger partial charge >= 0.3 is 6.18 Å². The van der Waals surface area contributed by atoms with Crippen LogP contribution in [0, 0.1) is 0 Å². The molecular weight excluding hydrogens is 217 g/mol. The highest BCUT2D eigenvalue weighted by molar-refractivity contribution is 5.60. The zero-order chi connectivity index (χ0) is 11.8. The van der Waals surface area contributed by atoms with Gasteiger partial charge in [-0.2, -0.15) is 13.2 Å². The summed E-state index contributed by atoms with van der Waals surface area (Å²) in [6.07, 6.45) is -3.18. The number of rotatable bonds is 2. The average molecular weight is 230 g/mol. The number of halogens is 3. The molecule has 2 nitrogen and oxygen atoms in total. The number of fused-ring (bicyclic) bond motifs is 1. The Balaban J connectivity index is 2.31. The van der Waals surface area contributed by atoms with E-state index in [2.05, 4.69) is 5.32 Å². The first kappa shape index (κ1) is 11.3. The van der Waals surface area contributed by atoms with Gasteiger partial charge in [-0.15, -0.1) is 0 Å². The minimum absolute atomic E-state index is 0.0310. The van der Waals surface area contributed by atoms with Crippen LogP contribution in [0.25, 0.3) is 0 Å². The lowest BCUT2D eigenvalue weighted by Gasteiger charge is -2.10. The van der Waals surface area contributed by atoms with Crippen LogP contribution >= 0.6 is 0 Å². The molecule has 2 rings (SSSR count). The Kier molecular flexibility index (Phi) is 2.80. The molecule has 0 spiro atoms. The van der Waals surface area contributed by atoms with Gasteiger partial charge in [0.05, 0.1) is 5.56 Å². The molecule has 0 radical (unpaired) electrons. The number of anilines is 1. The summed E-state index contributed by atoms with van der Waals surface area (Å²) in [5.41, 5.74) is 5.83. The van der Waals surface area contributed by atoms with Gasteiger partial charge in [-0.1, -0.05) is 6.07 Å². The standard InChI is InChI=1S/C11H13F3N2/c12-11(13,14)9-2-1-3-10-8(9)6-7(16-10)4-5-15/h1-3,7,16H,4-6,15H2. The minimum Gasteiger partial charge on any atom is -0.382 e. The number of hydrogen-bond acceptors (Lipinski definition) is 2. The van der Waals surface area contributed by atoms with E-state index in [9.17, 15) is 13.2 Å². The molecule has 0 saturated carbocycles. The van der Waals surface area contributed by atoms with Crippen molar-refractivity contribution in [2.24, 2.45) is 5.73 Å². The van der Waals surface area contributed by atoms with Crippen LogP contribution in [0.4, 0.5) is 18.9 Å². The van der Waals surface area contributed by atoms with Gasteiger partial charge in [0.25, 0.3) is 0 Å². The van der Waals surface area contributed by atoms with Crippen molar-refractivity contribution in [3.8, 4) is 0 Å². The van der Waals surface area contributed by atoms with E-state index in [-0.39, 0.29) is 6.04 Å². The van der Waals surface area contributed by atoms with E-state index >= 15 is 0 Å². The molecule has 1 atom stereocenters. The lowest BCUT2D eigenvalue weighted by molar-refractivity contribution is -0.138. The van der Waals surface area contributed by atoms with Crippen molar-refractivity contribution >= 4 is 5.69 Å². The first-order valence-corrected chi connectivity index (χ1v) is 5.18. The highest BCUT2D eigenvalue weighted by atomic mass is 19.4. The summed E-state index contributed by atoms with van der Waals surface area (Å²) in [5, 5.41) is 3.07. The summed E-state index contributed by atoms with van der Waals surface area (Å²) in [7, 11) is 0. The molecule has 16 heavy (non-hydrogen) atoms. The highest BCUT2D eigenvalue weighted by Gasteiger charge is 2.36. The lowest BCUT2D eigenvalue weighted by Crippen LogP contribution is -2.19. The molecule has 1 aromatic rings. The van der Waals surface area contributed by atoms with E-state index in [4.69, 9.17) is 5.73 Å². The summed E-state index contributed by atoms with van der Waals surface area (Å²) in [6.45, 7) is 0.479. The van der Waals surface area contributed by atoms with E-state index in [0.717, 1.165) is 6.07 Å². The molecule has 0 bridgehead atoms. The second-order valence-corrected chi connectivity index (χ2v) is 3.95. The van der Waals surface area contributed by atoms with Gasteiger partial charge < -0.3 is 11.1 Å². The third-order valence-electron chi connectivity index (χ3n) is 2.81. The van der Waals surface area contributed by atoms with E-state index in [1.807, 2.05) is 0 Å². The summed E-state index contributed by atoms with van der Waals surface area (Å²) in [4.78, 5) is 0. The van der Waals surface area contributed by atoms with Crippen molar-refractivity contribution < 1.29 is 13.2 Å². The summed E-state index contributed by atoms with van der Waals surface area (Å²) in [5.74, 6) is 0. The molecule has 0 fully saturated rings. The maximum atomic E-state index is 12.7. The molecule has 5 heteroatoms. The molecule has 1 aromatic carbocycles. The zero-order valence-electron chi connectivity index (χ0n) is 8.64. The van der Waals surface area contributed by atoms with Crippen molar-refractivity contribution in [1.29, 1.82) is 0 Å². The first-order valence-electron chi connectivity index (χ1n) is 5.18. The Morgan fingerprint density at radius 3 is 2.75 bits per heavy atom. The number of alkyl halides is 3. The topological polar surface area (TPSA) is 38.0 Å². The van der Waals surface area contributed by atoms with Crippen molar-refractivity contribution in [3.05, 3.63) is 29.3 Å². The van der Waals surface area contributed by atoms with Crippen molar-refractivity contribution in [1.82, 2.24) is 0 Å². The molecule has 1 aliphatic rings. The Bertz CT molecular complexity index is 387. The van der Waals surface area contributed by atoms with Gasteiger partial charge in [-0.3, -0.25) is 0 Å². The zero-order valence-corrected chi connectivity index (χ0v) is 8.64. The van der Waals surface area contributed by atoms with E-state index < -0.39 is 11.7 Å². The Labute approximate surface area is 91.6 Å². The lowest BCUT2D eigenvalue weighted by atomic mass is 10.0. The van der Waals surface area contributed by atoms with Gasteiger partial charge in [0.15, 0.2) is 0 Å². The number of nitrogens with two attached hydrogens (primary N) is 1. The molecule has 1 unspecified atom stereocenters. The predicted molar refractivity (Wildman–Crippen MR) is 56.2 cm³/mol. The molecular formula is C11H13F3N2. The van der Waals surface area contributed by atoms with Gasteiger partial charge in [-0.25, -0.2) is 0 Å². The van der Waals surface area contributed by atoms with Gasteiger partial charge in [0.2, 0.25) is 0 Å². The van der Waals surface area contributed by atoms with Crippen LogP contribution in [0.3, 0.4) is 0 Å². The van der Waals surface area contributed by atoms with Crippen molar-refractivity contribution in [2.75, 3.05) is 11.9 Å². The van der Waals surface area contributed by atoms with E-state index in [0.29, 0.717) is 30.6 Å². The van der Waals surface area contributed by atoms with E-state index in [1.54, 1.807) is 6.07 Å². The van der Waals surface area contributed by atoms with Crippen LogP contribution in [0.5, 0.6) is 0 Å². The van der Waals surface area contributed by atoms with E-state index in [1.165, 1.54) is 6.07 Å². The second kappa shape index (κ2) is 3.97. The van der Waals surface area contributed by atoms with Gasteiger partial charge in [0.1, 0.15) is 0 Å². The fraction of sp³-hybridized carbons (Fsp3) is 0.455. The fourth-order valence-electron chi connectivity index (χ4n) is 2.10. The first-order chi connectivity index (χ1) is 7.52. The van der Waals surface area contributed by atoms with Crippen LogP contribution in [-0.4, -0.2) is 12.6 Å². The Hall–Kier alpha value is -1.23. The van der Waals surface area contributed by atoms with Crippen LogP contribution in [0.2, 0.25) is 0 Å². The van der Waals surface area contributed by atoms with Gasteiger partial charge in [0, 0.05) is 11.7 Å². The van der Waals surface area contributed by atoms with Gasteiger partial charge in [-0.05, 0) is 37.1 Å². The molecule has 0 amide bonds. The third-order valence-corrected chi connectivity index (χ3v) is 2.81. The molecule has 88 valence electrons. The summed E-state index contributed by atoms with van der Waals surface area (Å²) in [6, 6.07) is 4.27. The quantitative estimate of drug-likeness (QED) is 0.818. The minimum atomic E-state index is -4.27. The Morgan fingerprint density at radius 1 is 1.38 bits per heavy atom. The van der Waals surface area contributed by atoms with Crippen LogP contribution in [0.1, 0.15) is 17.5 Å². The molecule has 1 aliphatic heterocycles. The predicted octanol–water partition coefficient (Wildman–Crippen LogP) is 2.39. The molecule has 0 aromatic heterocycles. The number of hydrogen-bond donors (Lipinski definition) is 2. The van der Waals surface area contributed by atoms with Crippen LogP contribution < -0.4 is 11.1 Å². The Morgan fingerprint density at radius 2 is 2.12 bits per heavy atom. The molecule has 0 saturated heterocycles. The summed E-state index contributed by atoms with van der Waals surface area (Å²) >= 11 is 0. The SMILES string of the molecule is NCCC1Cc2c(cccc2C(F)(F)F)N1.